The summed E-state index contributed by atoms with van der Waals surface area (Å²) in [5, 5.41) is 3.16. The van der Waals surface area contributed by atoms with Crippen molar-refractivity contribution in [2.45, 2.75) is 25.1 Å². The maximum Gasteiger partial charge on any atom is 0.114 e. The molecule has 0 bridgehead atoms. The van der Waals surface area contributed by atoms with Gasteiger partial charge in [-0.3, -0.25) is 4.99 Å². The van der Waals surface area contributed by atoms with Crippen LogP contribution in [-0.4, -0.2) is 29.5 Å². The van der Waals surface area contributed by atoms with Crippen molar-refractivity contribution in [3.05, 3.63) is 34.6 Å². The van der Waals surface area contributed by atoms with Crippen LogP contribution in [0.15, 0.2) is 33.9 Å². The van der Waals surface area contributed by atoms with Crippen molar-refractivity contribution in [3.63, 3.8) is 0 Å². The van der Waals surface area contributed by atoms with E-state index < -0.39 is 6.17 Å². The number of aliphatic imine (C=N–C) groups is 1. The van der Waals surface area contributed by atoms with Crippen LogP contribution in [0.2, 0.25) is 0 Å². The van der Waals surface area contributed by atoms with Crippen LogP contribution in [0.5, 0.6) is 0 Å². The molecule has 5 heteroatoms. The van der Waals surface area contributed by atoms with Crippen molar-refractivity contribution in [2.75, 3.05) is 6.54 Å². The summed E-state index contributed by atoms with van der Waals surface area (Å²) in [6, 6.07) is 5.84. The highest BCUT2D eigenvalue weighted by Crippen LogP contribution is 2.25. The van der Waals surface area contributed by atoms with E-state index in [1.807, 2.05) is 18.2 Å². The van der Waals surface area contributed by atoms with Crippen molar-refractivity contribution in [3.8, 4) is 0 Å². The molecule has 0 unspecified atom stereocenters. The zero-order chi connectivity index (χ0) is 12.5. The molecule has 3 heterocycles. The first-order valence-corrected chi connectivity index (χ1v) is 6.79. The summed E-state index contributed by atoms with van der Waals surface area (Å²) >= 11 is 3.35. The zero-order valence-electron chi connectivity index (χ0n) is 9.74. The molecular weight excluding hydrogens is 297 g/mol. The number of allylic oxidation sites excluding steroid dienone is 1. The molecule has 3 rings (SSSR count). The second kappa shape index (κ2) is 4.90. The number of nitrogens with zero attached hydrogens (tertiary/aromatic N) is 2. The van der Waals surface area contributed by atoms with Crippen LogP contribution in [0.25, 0.3) is 5.70 Å². The van der Waals surface area contributed by atoms with E-state index in [0.29, 0.717) is 13.0 Å². The van der Waals surface area contributed by atoms with E-state index in [9.17, 15) is 4.39 Å². The van der Waals surface area contributed by atoms with Crippen LogP contribution in [0.4, 0.5) is 4.39 Å². The van der Waals surface area contributed by atoms with Gasteiger partial charge in [0.1, 0.15) is 10.8 Å². The SMILES string of the molecule is F[C@H]1CN[C@H](C2=NC(c3cccc(Br)n3)=CC2)C1. The van der Waals surface area contributed by atoms with Gasteiger partial charge in [-0.05, 0) is 28.1 Å². The van der Waals surface area contributed by atoms with E-state index >= 15 is 0 Å². The Morgan fingerprint density at radius 1 is 1.39 bits per heavy atom. The summed E-state index contributed by atoms with van der Waals surface area (Å²) in [7, 11) is 0. The minimum absolute atomic E-state index is 0.0842. The molecule has 18 heavy (non-hydrogen) atoms. The molecule has 2 aliphatic heterocycles. The van der Waals surface area contributed by atoms with Crippen molar-refractivity contribution >= 4 is 27.3 Å². The number of pyridine rings is 1. The molecule has 1 aromatic heterocycles. The molecule has 0 saturated carbocycles. The summed E-state index contributed by atoms with van der Waals surface area (Å²) in [6.07, 6.45) is 2.63. The Kier molecular flexibility index (Phi) is 3.26. The predicted octanol–water partition coefficient (Wildman–Crippen LogP) is 2.73. The van der Waals surface area contributed by atoms with E-state index in [2.05, 4.69) is 37.3 Å². The number of hydrogen-bond donors (Lipinski definition) is 1. The number of halogens is 2. The van der Waals surface area contributed by atoms with E-state index in [1.165, 1.54) is 0 Å². The summed E-state index contributed by atoms with van der Waals surface area (Å²) in [4.78, 5) is 8.96. The van der Waals surface area contributed by atoms with Gasteiger partial charge in [0, 0.05) is 31.1 Å². The number of hydrogen-bond acceptors (Lipinski definition) is 3. The first-order chi connectivity index (χ1) is 8.72. The monoisotopic (exact) mass is 309 g/mol. The van der Waals surface area contributed by atoms with Gasteiger partial charge >= 0.3 is 0 Å². The minimum Gasteiger partial charge on any atom is -0.306 e. The molecular formula is C13H13BrFN3. The van der Waals surface area contributed by atoms with E-state index in [0.717, 1.165) is 28.1 Å². The second-order valence-electron chi connectivity index (χ2n) is 4.54. The molecule has 0 spiro atoms. The Morgan fingerprint density at radius 3 is 3.00 bits per heavy atom. The number of alkyl halides is 1. The highest BCUT2D eigenvalue weighted by molar-refractivity contribution is 9.10. The average molecular weight is 310 g/mol. The van der Waals surface area contributed by atoms with Crippen LogP contribution < -0.4 is 5.32 Å². The molecule has 0 aromatic carbocycles. The molecule has 1 saturated heterocycles. The van der Waals surface area contributed by atoms with Crippen LogP contribution in [0.3, 0.4) is 0 Å². The van der Waals surface area contributed by atoms with Gasteiger partial charge in [-0.2, -0.15) is 0 Å². The van der Waals surface area contributed by atoms with Crippen molar-refractivity contribution in [1.29, 1.82) is 0 Å². The lowest BCUT2D eigenvalue weighted by Crippen LogP contribution is -2.29. The van der Waals surface area contributed by atoms with Gasteiger partial charge in [0.05, 0.1) is 11.4 Å². The van der Waals surface area contributed by atoms with Crippen LogP contribution in [0.1, 0.15) is 18.5 Å². The molecule has 0 amide bonds. The highest BCUT2D eigenvalue weighted by Gasteiger charge is 2.28. The van der Waals surface area contributed by atoms with Gasteiger partial charge in [0.15, 0.2) is 0 Å². The summed E-state index contributed by atoms with van der Waals surface area (Å²) < 4.78 is 13.9. The van der Waals surface area contributed by atoms with Crippen LogP contribution in [-0.2, 0) is 0 Å². The Bertz CT molecular complexity index is 527. The van der Waals surface area contributed by atoms with Crippen LogP contribution in [0, 0.1) is 0 Å². The smallest absolute Gasteiger partial charge is 0.114 e. The lowest BCUT2D eigenvalue weighted by atomic mass is 10.1. The van der Waals surface area contributed by atoms with E-state index in [-0.39, 0.29) is 6.04 Å². The predicted molar refractivity (Wildman–Crippen MR) is 73.3 cm³/mol. The Morgan fingerprint density at radius 2 is 2.28 bits per heavy atom. The van der Waals surface area contributed by atoms with E-state index in [1.54, 1.807) is 0 Å². The third-order valence-electron chi connectivity index (χ3n) is 3.23. The Hall–Kier alpha value is -1.07. The maximum absolute atomic E-state index is 13.1. The quantitative estimate of drug-likeness (QED) is 0.853. The third kappa shape index (κ3) is 2.37. The number of rotatable bonds is 2. The Labute approximate surface area is 113 Å². The van der Waals surface area contributed by atoms with Crippen molar-refractivity contribution in [2.24, 2.45) is 4.99 Å². The third-order valence-corrected chi connectivity index (χ3v) is 3.67. The molecule has 94 valence electrons. The topological polar surface area (TPSA) is 37.3 Å². The fraction of sp³-hybridized carbons (Fsp3) is 0.385. The summed E-state index contributed by atoms with van der Waals surface area (Å²) in [5.41, 5.74) is 2.76. The fourth-order valence-corrected chi connectivity index (χ4v) is 2.67. The average Bonchev–Trinajstić information content (AvgIpc) is 2.97. The largest absolute Gasteiger partial charge is 0.306 e. The van der Waals surface area contributed by atoms with Gasteiger partial charge in [0.25, 0.3) is 0 Å². The number of aromatic nitrogens is 1. The zero-order valence-corrected chi connectivity index (χ0v) is 11.3. The minimum atomic E-state index is -0.745. The lowest BCUT2D eigenvalue weighted by molar-refractivity contribution is 0.359. The van der Waals surface area contributed by atoms with Gasteiger partial charge in [-0.15, -0.1) is 0 Å². The highest BCUT2D eigenvalue weighted by atomic mass is 79.9. The first kappa shape index (κ1) is 12.0. The first-order valence-electron chi connectivity index (χ1n) is 6.00. The molecule has 1 N–H and O–H groups in total. The molecule has 0 radical (unpaired) electrons. The molecule has 2 aliphatic rings. The van der Waals surface area contributed by atoms with Gasteiger partial charge in [-0.25, -0.2) is 9.37 Å². The molecule has 1 aromatic rings. The molecule has 3 nitrogen and oxygen atoms in total. The van der Waals surface area contributed by atoms with Gasteiger partial charge < -0.3 is 5.32 Å². The number of nitrogens with one attached hydrogen (secondary N) is 1. The van der Waals surface area contributed by atoms with Crippen LogP contribution >= 0.6 is 15.9 Å². The molecule has 2 atom stereocenters. The molecule has 0 aliphatic carbocycles. The van der Waals surface area contributed by atoms with E-state index in [4.69, 9.17) is 0 Å². The maximum atomic E-state index is 13.1. The normalized spacial score (nSPS) is 27.2. The fourth-order valence-electron chi connectivity index (χ4n) is 2.33. The van der Waals surface area contributed by atoms with Gasteiger partial charge in [0.2, 0.25) is 0 Å². The summed E-state index contributed by atoms with van der Waals surface area (Å²) in [5.74, 6) is 0. The van der Waals surface area contributed by atoms with Crippen molar-refractivity contribution in [1.82, 2.24) is 10.3 Å². The summed E-state index contributed by atoms with van der Waals surface area (Å²) in [6.45, 7) is 0.439. The molecule has 1 fully saturated rings. The van der Waals surface area contributed by atoms with Gasteiger partial charge in [-0.1, -0.05) is 12.1 Å². The standard InChI is InChI=1S/C13H13BrFN3/c14-13-3-1-2-9(18-13)10-4-5-11(17-10)12-6-8(15)7-16-12/h1-4,8,12,16H,5-7H2/t8-,12+/m1/s1. The van der Waals surface area contributed by atoms with Crippen molar-refractivity contribution < 1.29 is 4.39 Å². The Balaban J connectivity index is 1.78. The lowest BCUT2D eigenvalue weighted by Gasteiger charge is -2.08. The second-order valence-corrected chi connectivity index (χ2v) is 5.35.